The Labute approximate surface area is 176 Å². The van der Waals surface area contributed by atoms with E-state index in [1.54, 1.807) is 13.0 Å². The van der Waals surface area contributed by atoms with Gasteiger partial charge in [-0.2, -0.15) is 5.26 Å². The number of aromatic nitrogens is 1. The summed E-state index contributed by atoms with van der Waals surface area (Å²) >= 11 is 1.40. The maximum Gasteiger partial charge on any atom is 0.274 e. The number of aliphatic imine (C=N–C) groups is 1. The monoisotopic (exact) mass is 417 g/mol. The lowest BCUT2D eigenvalue weighted by Crippen LogP contribution is -2.28. The SMILES string of the molecule is CC1(c2cc(NC(=O)c3ccc(C#N)cn3)ccc2F)N=C(N)c2ccccc2S1. The molecule has 8 heteroatoms. The van der Waals surface area contributed by atoms with E-state index in [0.29, 0.717) is 22.6 Å². The normalized spacial score (nSPS) is 17.4. The van der Waals surface area contributed by atoms with Crippen LogP contribution in [0.25, 0.3) is 0 Å². The van der Waals surface area contributed by atoms with Crippen molar-refractivity contribution in [2.24, 2.45) is 10.7 Å². The number of nitrogens with zero attached hydrogens (tertiary/aromatic N) is 3. The van der Waals surface area contributed by atoms with Crippen LogP contribution < -0.4 is 11.1 Å². The van der Waals surface area contributed by atoms with Crippen LogP contribution in [0.5, 0.6) is 0 Å². The van der Waals surface area contributed by atoms with Gasteiger partial charge in [-0.25, -0.2) is 14.4 Å². The smallest absolute Gasteiger partial charge is 0.274 e. The predicted molar refractivity (Wildman–Crippen MR) is 114 cm³/mol. The van der Waals surface area contributed by atoms with Gasteiger partial charge in [0.25, 0.3) is 5.91 Å². The van der Waals surface area contributed by atoms with Crippen LogP contribution in [0.1, 0.15) is 34.1 Å². The van der Waals surface area contributed by atoms with Gasteiger partial charge in [0.15, 0.2) is 0 Å². The second-order valence-electron chi connectivity index (χ2n) is 6.77. The summed E-state index contributed by atoms with van der Waals surface area (Å²) in [6.07, 6.45) is 1.32. The molecule has 0 fully saturated rings. The number of benzene rings is 2. The van der Waals surface area contributed by atoms with Crippen molar-refractivity contribution >= 4 is 29.2 Å². The van der Waals surface area contributed by atoms with Crippen molar-refractivity contribution < 1.29 is 9.18 Å². The number of thioether (sulfide) groups is 1. The number of hydrogen-bond acceptors (Lipinski definition) is 6. The molecule has 30 heavy (non-hydrogen) atoms. The summed E-state index contributed by atoms with van der Waals surface area (Å²) in [5, 5.41) is 11.5. The molecular weight excluding hydrogens is 401 g/mol. The van der Waals surface area contributed by atoms with E-state index >= 15 is 0 Å². The van der Waals surface area contributed by atoms with Gasteiger partial charge in [-0.3, -0.25) is 4.79 Å². The lowest BCUT2D eigenvalue weighted by molar-refractivity contribution is 0.102. The quantitative estimate of drug-likeness (QED) is 0.670. The average Bonchev–Trinajstić information content (AvgIpc) is 2.75. The second kappa shape index (κ2) is 7.61. The summed E-state index contributed by atoms with van der Waals surface area (Å²) in [7, 11) is 0. The van der Waals surface area contributed by atoms with Crippen molar-refractivity contribution in [1.29, 1.82) is 5.26 Å². The lowest BCUT2D eigenvalue weighted by Gasteiger charge is -2.31. The molecule has 1 amide bonds. The third-order valence-corrected chi connectivity index (χ3v) is 5.94. The largest absolute Gasteiger partial charge is 0.383 e. The van der Waals surface area contributed by atoms with Gasteiger partial charge < -0.3 is 11.1 Å². The third kappa shape index (κ3) is 3.63. The number of carbonyl (C=O) groups excluding carboxylic acids is 1. The number of fused-ring (bicyclic) bond motifs is 1. The summed E-state index contributed by atoms with van der Waals surface area (Å²) in [6, 6.07) is 16.8. The fraction of sp³-hybridized carbons (Fsp3) is 0.0909. The fourth-order valence-corrected chi connectivity index (χ4v) is 4.43. The zero-order valence-corrected chi connectivity index (χ0v) is 16.7. The zero-order chi connectivity index (χ0) is 21.3. The molecule has 1 aliphatic rings. The Morgan fingerprint density at radius 3 is 2.77 bits per heavy atom. The molecule has 2 aromatic carbocycles. The van der Waals surface area contributed by atoms with Crippen LogP contribution in [0.3, 0.4) is 0 Å². The molecule has 4 rings (SSSR count). The summed E-state index contributed by atoms with van der Waals surface area (Å²) in [4.78, 5) is 20.9. The molecule has 0 bridgehead atoms. The summed E-state index contributed by atoms with van der Waals surface area (Å²) in [5.41, 5.74) is 8.16. The maximum atomic E-state index is 14.8. The van der Waals surface area contributed by atoms with Gasteiger partial charge in [-0.05, 0) is 43.3 Å². The molecule has 1 aromatic heterocycles. The number of rotatable bonds is 3. The summed E-state index contributed by atoms with van der Waals surface area (Å²) in [5.74, 6) is -0.579. The summed E-state index contributed by atoms with van der Waals surface area (Å²) in [6.45, 7) is 1.78. The van der Waals surface area contributed by atoms with E-state index in [-0.39, 0.29) is 5.69 Å². The van der Waals surface area contributed by atoms with Crippen molar-refractivity contribution in [2.75, 3.05) is 5.32 Å². The van der Waals surface area contributed by atoms with Crippen molar-refractivity contribution in [3.05, 3.63) is 89.0 Å². The van der Waals surface area contributed by atoms with Crippen LogP contribution in [-0.4, -0.2) is 16.7 Å². The maximum absolute atomic E-state index is 14.8. The number of carbonyl (C=O) groups is 1. The molecule has 148 valence electrons. The van der Waals surface area contributed by atoms with E-state index in [1.165, 1.54) is 42.2 Å². The molecule has 3 aromatic rings. The van der Waals surface area contributed by atoms with Crippen LogP contribution in [0, 0.1) is 17.1 Å². The number of amidine groups is 1. The molecule has 1 atom stereocenters. The average molecular weight is 417 g/mol. The first kappa shape index (κ1) is 19.6. The first-order chi connectivity index (χ1) is 14.4. The Bertz CT molecular complexity index is 1220. The Hall–Kier alpha value is -3.70. The van der Waals surface area contributed by atoms with E-state index in [4.69, 9.17) is 11.0 Å². The number of nitrogens with two attached hydrogens (primary N) is 1. The van der Waals surface area contributed by atoms with Crippen LogP contribution >= 0.6 is 11.8 Å². The van der Waals surface area contributed by atoms with Crippen molar-refractivity contribution in [3.63, 3.8) is 0 Å². The van der Waals surface area contributed by atoms with Crippen LogP contribution in [-0.2, 0) is 4.87 Å². The molecule has 0 aliphatic carbocycles. The fourth-order valence-electron chi connectivity index (χ4n) is 3.16. The highest BCUT2D eigenvalue weighted by atomic mass is 32.2. The molecule has 0 radical (unpaired) electrons. The predicted octanol–water partition coefficient (Wildman–Crippen LogP) is 4.03. The van der Waals surface area contributed by atoms with Gasteiger partial charge >= 0.3 is 0 Å². The molecular formula is C22H16FN5OS. The van der Waals surface area contributed by atoms with Crippen molar-refractivity contribution in [2.45, 2.75) is 16.7 Å². The topological polar surface area (TPSA) is 104 Å². The number of nitriles is 1. The Kier molecular flexibility index (Phi) is 4.98. The molecule has 3 N–H and O–H groups in total. The molecule has 0 saturated heterocycles. The highest BCUT2D eigenvalue weighted by molar-refractivity contribution is 8.00. The molecule has 2 heterocycles. The van der Waals surface area contributed by atoms with Crippen LogP contribution in [0.15, 0.2) is 70.7 Å². The lowest BCUT2D eigenvalue weighted by atomic mass is 10.1. The molecule has 1 unspecified atom stereocenters. The van der Waals surface area contributed by atoms with E-state index in [0.717, 1.165) is 10.5 Å². The highest BCUT2D eigenvalue weighted by Crippen LogP contribution is 2.47. The van der Waals surface area contributed by atoms with E-state index in [2.05, 4.69) is 15.3 Å². The number of halogens is 1. The van der Waals surface area contributed by atoms with E-state index < -0.39 is 16.6 Å². The molecule has 0 saturated carbocycles. The third-order valence-electron chi connectivity index (χ3n) is 4.65. The standard InChI is InChI=1S/C22H16FN5OS/c1-22(28-20(25)15-4-2-3-5-19(15)30-22)16-10-14(7-8-17(16)23)27-21(29)18-9-6-13(11-24)12-26-18/h2-10,12H,1H3,(H2,25,28)(H,27,29). The second-order valence-corrected chi connectivity index (χ2v) is 8.21. The van der Waals surface area contributed by atoms with E-state index in [1.807, 2.05) is 30.3 Å². The first-order valence-corrected chi connectivity index (χ1v) is 9.82. The number of pyridine rings is 1. The van der Waals surface area contributed by atoms with Gasteiger partial charge in [0.1, 0.15) is 28.3 Å². The Balaban J connectivity index is 1.65. The van der Waals surface area contributed by atoms with Crippen LogP contribution in [0.2, 0.25) is 0 Å². The minimum atomic E-state index is -0.990. The number of amides is 1. The molecule has 6 nitrogen and oxygen atoms in total. The van der Waals surface area contributed by atoms with Gasteiger partial charge in [-0.15, -0.1) is 0 Å². The zero-order valence-electron chi connectivity index (χ0n) is 15.9. The number of nitrogens with one attached hydrogen (secondary N) is 1. The molecule has 1 aliphatic heterocycles. The van der Waals surface area contributed by atoms with Gasteiger partial charge in [-0.1, -0.05) is 30.0 Å². The van der Waals surface area contributed by atoms with E-state index in [9.17, 15) is 9.18 Å². The van der Waals surface area contributed by atoms with Gasteiger partial charge in [0.05, 0.1) is 5.56 Å². The molecule has 0 spiro atoms. The minimum absolute atomic E-state index is 0.148. The van der Waals surface area contributed by atoms with Crippen molar-refractivity contribution in [3.8, 4) is 6.07 Å². The first-order valence-electron chi connectivity index (χ1n) is 9.01. The Morgan fingerprint density at radius 2 is 2.03 bits per heavy atom. The summed E-state index contributed by atoms with van der Waals surface area (Å²) < 4.78 is 14.8. The van der Waals surface area contributed by atoms with Gasteiger partial charge in [0.2, 0.25) is 0 Å². The number of anilines is 1. The highest BCUT2D eigenvalue weighted by Gasteiger charge is 2.35. The number of hydrogen-bond donors (Lipinski definition) is 2. The van der Waals surface area contributed by atoms with Gasteiger partial charge in [0, 0.05) is 27.9 Å². The Morgan fingerprint density at radius 1 is 1.23 bits per heavy atom. The minimum Gasteiger partial charge on any atom is -0.383 e. The van der Waals surface area contributed by atoms with Crippen LogP contribution in [0.4, 0.5) is 10.1 Å². The van der Waals surface area contributed by atoms with Crippen molar-refractivity contribution in [1.82, 2.24) is 4.98 Å².